The Morgan fingerprint density at radius 1 is 1.20 bits per heavy atom. The topological polar surface area (TPSA) is 33.0 Å². The third kappa shape index (κ3) is 3.17. The first-order valence-electron chi connectivity index (χ1n) is 6.53. The van der Waals surface area contributed by atoms with Gasteiger partial charge in [0.25, 0.3) is 5.91 Å². The van der Waals surface area contributed by atoms with E-state index in [1.54, 1.807) is 24.3 Å². The second-order valence-electron chi connectivity index (χ2n) is 4.86. The molecule has 0 fully saturated rings. The number of carbonyl (C=O) groups excluding carboxylic acids is 1. The summed E-state index contributed by atoms with van der Waals surface area (Å²) in [6.07, 6.45) is 1.93. The Balaban J connectivity index is 2.16. The molecule has 20 heavy (non-hydrogen) atoms. The molecule has 0 spiro atoms. The molecule has 0 unspecified atom stereocenters. The molecule has 1 atom stereocenters. The Morgan fingerprint density at radius 3 is 2.50 bits per heavy atom. The summed E-state index contributed by atoms with van der Waals surface area (Å²) in [4.78, 5) is 12.3. The highest BCUT2D eigenvalue weighted by Gasteiger charge is 2.24. The van der Waals surface area contributed by atoms with Crippen molar-refractivity contribution in [3.63, 3.8) is 0 Å². The summed E-state index contributed by atoms with van der Waals surface area (Å²) in [5, 5.41) is 3.55. The van der Waals surface area contributed by atoms with E-state index in [1.165, 1.54) is 5.56 Å². The number of rotatable bonds is 3. The minimum Gasteiger partial charge on any atom is -0.320 e. The van der Waals surface area contributed by atoms with Gasteiger partial charge in [0.1, 0.15) is 0 Å². The number of anilines is 1. The van der Waals surface area contributed by atoms with Gasteiger partial charge in [-0.2, -0.15) is 4.57 Å². The van der Waals surface area contributed by atoms with Crippen molar-refractivity contribution >= 4 is 23.2 Å². The number of aromatic nitrogens is 1. The Kier molecular flexibility index (Phi) is 4.40. The van der Waals surface area contributed by atoms with Crippen molar-refractivity contribution in [3.8, 4) is 0 Å². The van der Waals surface area contributed by atoms with E-state index in [1.807, 2.05) is 43.7 Å². The highest BCUT2D eigenvalue weighted by Crippen LogP contribution is 2.14. The van der Waals surface area contributed by atoms with Crippen LogP contribution in [0.4, 0.5) is 5.69 Å². The average molecular weight is 290 g/mol. The Labute approximate surface area is 124 Å². The Hall–Kier alpha value is -1.87. The van der Waals surface area contributed by atoms with Gasteiger partial charge in [0, 0.05) is 36.2 Å². The zero-order valence-corrected chi connectivity index (χ0v) is 12.6. The number of nitrogens with one attached hydrogen (secondary N) is 1. The Bertz CT molecular complexity index is 623. The zero-order chi connectivity index (χ0) is 14.7. The molecule has 0 radical (unpaired) electrons. The number of carbonyl (C=O) groups is 1. The van der Waals surface area contributed by atoms with E-state index in [4.69, 9.17) is 11.6 Å². The number of hydrogen-bond donors (Lipinski definition) is 1. The second kappa shape index (κ2) is 6.06. The van der Waals surface area contributed by atoms with Gasteiger partial charge in [0.2, 0.25) is 6.04 Å². The summed E-state index contributed by atoms with van der Waals surface area (Å²) in [5.41, 5.74) is 3.00. The molecule has 2 rings (SSSR count). The molecule has 0 aliphatic heterocycles. The lowest BCUT2D eigenvalue weighted by Crippen LogP contribution is -2.47. The van der Waals surface area contributed by atoms with Crippen molar-refractivity contribution in [2.24, 2.45) is 0 Å². The SMILES string of the molecule is Cc1ccc[n+]([C@H](C)C(=O)Nc2ccc(Cl)cc2)c1C. The van der Waals surface area contributed by atoms with E-state index in [0.717, 1.165) is 11.4 Å². The number of halogens is 1. The Morgan fingerprint density at radius 2 is 1.85 bits per heavy atom. The number of amides is 1. The van der Waals surface area contributed by atoms with Crippen LogP contribution < -0.4 is 9.88 Å². The van der Waals surface area contributed by atoms with Crippen LogP contribution in [-0.4, -0.2) is 5.91 Å². The molecule has 0 saturated carbocycles. The van der Waals surface area contributed by atoms with E-state index < -0.39 is 0 Å². The van der Waals surface area contributed by atoms with Gasteiger partial charge < -0.3 is 5.32 Å². The second-order valence-corrected chi connectivity index (χ2v) is 5.29. The average Bonchev–Trinajstić information content (AvgIpc) is 2.43. The molecule has 1 aromatic heterocycles. The number of nitrogens with zero attached hydrogens (tertiary/aromatic N) is 1. The van der Waals surface area contributed by atoms with Crippen molar-refractivity contribution in [1.29, 1.82) is 0 Å². The van der Waals surface area contributed by atoms with Crippen LogP contribution in [0.3, 0.4) is 0 Å². The largest absolute Gasteiger partial charge is 0.320 e. The van der Waals surface area contributed by atoms with E-state index in [9.17, 15) is 4.79 Å². The summed E-state index contributed by atoms with van der Waals surface area (Å²) in [5.74, 6) is -0.0500. The molecule has 0 bridgehead atoms. The van der Waals surface area contributed by atoms with Gasteiger partial charge in [-0.15, -0.1) is 0 Å². The third-order valence-electron chi connectivity index (χ3n) is 3.46. The first-order valence-corrected chi connectivity index (χ1v) is 6.90. The molecule has 1 aromatic carbocycles. The summed E-state index contributed by atoms with van der Waals surface area (Å²) < 4.78 is 1.97. The minimum absolute atomic E-state index is 0.0500. The minimum atomic E-state index is -0.273. The lowest BCUT2D eigenvalue weighted by molar-refractivity contribution is -0.711. The summed E-state index contributed by atoms with van der Waals surface area (Å²) >= 11 is 5.83. The van der Waals surface area contributed by atoms with Crippen LogP contribution in [0.25, 0.3) is 0 Å². The van der Waals surface area contributed by atoms with Crippen LogP contribution in [0.1, 0.15) is 24.2 Å². The van der Waals surface area contributed by atoms with Crippen LogP contribution in [0.15, 0.2) is 42.6 Å². The van der Waals surface area contributed by atoms with Crippen LogP contribution in [0, 0.1) is 13.8 Å². The number of benzene rings is 1. The maximum atomic E-state index is 12.3. The number of aryl methyl sites for hydroxylation is 1. The predicted molar refractivity (Wildman–Crippen MR) is 80.9 cm³/mol. The molecule has 0 aliphatic carbocycles. The lowest BCUT2D eigenvalue weighted by Gasteiger charge is -2.11. The van der Waals surface area contributed by atoms with E-state index in [2.05, 4.69) is 5.32 Å². The van der Waals surface area contributed by atoms with Gasteiger partial charge in [0.05, 0.1) is 0 Å². The molecule has 104 valence electrons. The van der Waals surface area contributed by atoms with Crippen LogP contribution in [-0.2, 0) is 4.79 Å². The van der Waals surface area contributed by atoms with Gasteiger partial charge in [0.15, 0.2) is 11.9 Å². The normalized spacial score (nSPS) is 12.0. The van der Waals surface area contributed by atoms with Crippen molar-refractivity contribution in [2.75, 3.05) is 5.32 Å². The monoisotopic (exact) mass is 289 g/mol. The molecular formula is C16H18ClN2O+. The molecule has 3 nitrogen and oxygen atoms in total. The molecule has 1 amide bonds. The molecular weight excluding hydrogens is 272 g/mol. The summed E-state index contributed by atoms with van der Waals surface area (Å²) in [6.45, 7) is 5.94. The van der Waals surface area contributed by atoms with Gasteiger partial charge >= 0.3 is 0 Å². The first kappa shape index (κ1) is 14.5. The van der Waals surface area contributed by atoms with Gasteiger partial charge in [-0.05, 0) is 37.3 Å². The van der Waals surface area contributed by atoms with Crippen LogP contribution in [0.5, 0.6) is 0 Å². The van der Waals surface area contributed by atoms with Crippen LogP contribution in [0.2, 0.25) is 5.02 Å². The highest BCUT2D eigenvalue weighted by atomic mass is 35.5. The molecule has 1 N–H and O–H groups in total. The molecule has 4 heteroatoms. The summed E-state index contributed by atoms with van der Waals surface area (Å²) in [7, 11) is 0. The maximum absolute atomic E-state index is 12.3. The van der Waals surface area contributed by atoms with Crippen molar-refractivity contribution in [3.05, 3.63) is 58.9 Å². The highest BCUT2D eigenvalue weighted by molar-refractivity contribution is 6.30. The van der Waals surface area contributed by atoms with Crippen LogP contribution >= 0.6 is 11.6 Å². The molecule has 0 aliphatic rings. The van der Waals surface area contributed by atoms with Gasteiger partial charge in [-0.3, -0.25) is 4.79 Å². The van der Waals surface area contributed by atoms with Gasteiger partial charge in [-0.1, -0.05) is 11.6 Å². The molecule has 1 heterocycles. The van der Waals surface area contributed by atoms with Crippen molar-refractivity contribution in [1.82, 2.24) is 0 Å². The molecule has 0 saturated heterocycles. The quantitative estimate of drug-likeness (QED) is 0.863. The first-order chi connectivity index (χ1) is 9.49. The smallest absolute Gasteiger partial charge is 0.293 e. The number of hydrogen-bond acceptors (Lipinski definition) is 1. The van der Waals surface area contributed by atoms with E-state index in [0.29, 0.717) is 5.02 Å². The fraction of sp³-hybridized carbons (Fsp3) is 0.250. The molecule has 2 aromatic rings. The standard InChI is InChI=1S/C16H17ClN2O/c1-11-5-4-10-19(12(11)2)13(3)16(20)18-15-8-6-14(17)7-9-15/h4-10,13H,1-3H3/p+1/t13-/m1/s1. The van der Waals surface area contributed by atoms with Crippen molar-refractivity contribution in [2.45, 2.75) is 26.8 Å². The maximum Gasteiger partial charge on any atom is 0.293 e. The summed E-state index contributed by atoms with van der Waals surface area (Å²) in [6, 6.07) is 10.8. The van der Waals surface area contributed by atoms with E-state index >= 15 is 0 Å². The fourth-order valence-corrected chi connectivity index (χ4v) is 2.17. The van der Waals surface area contributed by atoms with Crippen molar-refractivity contribution < 1.29 is 9.36 Å². The van der Waals surface area contributed by atoms with E-state index in [-0.39, 0.29) is 11.9 Å². The zero-order valence-electron chi connectivity index (χ0n) is 11.9. The predicted octanol–water partition coefficient (Wildman–Crippen LogP) is 3.44. The lowest BCUT2D eigenvalue weighted by atomic mass is 10.2. The third-order valence-corrected chi connectivity index (χ3v) is 3.71. The number of pyridine rings is 1. The fourth-order valence-electron chi connectivity index (χ4n) is 2.04. The van der Waals surface area contributed by atoms with Gasteiger partial charge in [-0.25, -0.2) is 0 Å².